The van der Waals surface area contributed by atoms with Gasteiger partial charge in [0.1, 0.15) is 5.82 Å². The van der Waals surface area contributed by atoms with Crippen LogP contribution in [0.5, 0.6) is 0 Å². The summed E-state index contributed by atoms with van der Waals surface area (Å²) in [5.74, 6) is 1.19. The molecule has 21 heavy (non-hydrogen) atoms. The third-order valence-corrected chi connectivity index (χ3v) is 5.41. The highest BCUT2D eigenvalue weighted by Crippen LogP contribution is 2.33. The Balaban J connectivity index is 1.65. The molecule has 1 nitrogen and oxygen atoms in total. The van der Waals surface area contributed by atoms with Gasteiger partial charge in [0.15, 0.2) is 0 Å². The maximum absolute atomic E-state index is 13.2. The number of halogens is 2. The van der Waals surface area contributed by atoms with Crippen molar-refractivity contribution in [2.75, 3.05) is 6.54 Å². The summed E-state index contributed by atoms with van der Waals surface area (Å²) in [6.07, 6.45) is 10.3. The molecule has 2 saturated carbocycles. The van der Waals surface area contributed by atoms with Gasteiger partial charge in [-0.05, 0) is 68.2 Å². The Bertz CT molecular complexity index is 472. The summed E-state index contributed by atoms with van der Waals surface area (Å²) in [7, 11) is 0. The molecule has 0 saturated heterocycles. The second kappa shape index (κ2) is 7.11. The molecule has 0 radical (unpaired) electrons. The molecule has 0 aromatic heterocycles. The van der Waals surface area contributed by atoms with Crippen LogP contribution in [0.1, 0.15) is 50.5 Å². The van der Waals surface area contributed by atoms with Gasteiger partial charge in [0, 0.05) is 11.1 Å². The molecular formula is C18H25ClFN. The highest BCUT2D eigenvalue weighted by Gasteiger charge is 2.27. The fourth-order valence-electron chi connectivity index (χ4n) is 3.57. The fourth-order valence-corrected chi connectivity index (χ4v) is 3.82. The van der Waals surface area contributed by atoms with Crippen molar-refractivity contribution in [2.24, 2.45) is 11.8 Å². The Morgan fingerprint density at radius 3 is 2.52 bits per heavy atom. The minimum absolute atomic E-state index is 0.239. The summed E-state index contributed by atoms with van der Waals surface area (Å²) in [5, 5.41) is 4.29. The second-order valence-corrected chi connectivity index (χ2v) is 7.19. The predicted molar refractivity (Wildman–Crippen MR) is 86.2 cm³/mol. The van der Waals surface area contributed by atoms with Gasteiger partial charge in [0.25, 0.3) is 0 Å². The van der Waals surface area contributed by atoms with Crippen LogP contribution in [0, 0.1) is 17.7 Å². The summed E-state index contributed by atoms with van der Waals surface area (Å²) in [5.41, 5.74) is 1.11. The largest absolute Gasteiger partial charge is 0.314 e. The van der Waals surface area contributed by atoms with Gasteiger partial charge in [0.2, 0.25) is 0 Å². The normalized spacial score (nSPS) is 26.6. The molecule has 0 amide bonds. The first-order chi connectivity index (χ1) is 10.2. The average molecular weight is 310 g/mol. The standard InChI is InChI=1S/C18H25ClFN/c19-18-11-16(20)7-6-14(18)10-13-4-2-1-3-5-15(13)12-21-17-8-9-17/h6-7,11,13,15,17,21H,1-5,8-10,12H2. The molecule has 1 aromatic rings. The van der Waals surface area contributed by atoms with Crippen molar-refractivity contribution in [1.82, 2.24) is 5.32 Å². The minimum Gasteiger partial charge on any atom is -0.314 e. The monoisotopic (exact) mass is 309 g/mol. The van der Waals surface area contributed by atoms with Crippen molar-refractivity contribution in [2.45, 2.75) is 57.4 Å². The molecule has 1 N–H and O–H groups in total. The number of hydrogen-bond donors (Lipinski definition) is 1. The van der Waals surface area contributed by atoms with E-state index in [0.29, 0.717) is 10.9 Å². The molecule has 2 fully saturated rings. The van der Waals surface area contributed by atoms with Crippen LogP contribution in [0.2, 0.25) is 5.02 Å². The molecule has 1 aromatic carbocycles. The Kier molecular flexibility index (Phi) is 5.18. The van der Waals surface area contributed by atoms with Gasteiger partial charge in [-0.3, -0.25) is 0 Å². The number of benzene rings is 1. The van der Waals surface area contributed by atoms with Crippen molar-refractivity contribution in [3.63, 3.8) is 0 Å². The molecule has 3 heteroatoms. The van der Waals surface area contributed by atoms with Gasteiger partial charge >= 0.3 is 0 Å². The van der Waals surface area contributed by atoms with E-state index in [0.717, 1.165) is 30.5 Å². The van der Waals surface area contributed by atoms with Crippen LogP contribution in [0.3, 0.4) is 0 Å². The quantitative estimate of drug-likeness (QED) is 0.757. The zero-order valence-corrected chi connectivity index (χ0v) is 13.3. The fraction of sp³-hybridized carbons (Fsp3) is 0.667. The lowest BCUT2D eigenvalue weighted by Gasteiger charge is -2.26. The van der Waals surface area contributed by atoms with E-state index in [2.05, 4.69) is 5.32 Å². The van der Waals surface area contributed by atoms with Gasteiger partial charge in [0.05, 0.1) is 0 Å². The molecular weight excluding hydrogens is 285 g/mol. The number of hydrogen-bond acceptors (Lipinski definition) is 1. The summed E-state index contributed by atoms with van der Waals surface area (Å²) >= 11 is 6.22. The van der Waals surface area contributed by atoms with Crippen LogP contribution < -0.4 is 5.32 Å². The van der Waals surface area contributed by atoms with Gasteiger partial charge in [-0.1, -0.05) is 36.9 Å². The van der Waals surface area contributed by atoms with Crippen LogP contribution in [-0.4, -0.2) is 12.6 Å². The summed E-state index contributed by atoms with van der Waals surface area (Å²) in [4.78, 5) is 0. The minimum atomic E-state index is -0.239. The topological polar surface area (TPSA) is 12.0 Å². The van der Waals surface area contributed by atoms with Crippen molar-refractivity contribution < 1.29 is 4.39 Å². The van der Waals surface area contributed by atoms with Gasteiger partial charge in [-0.25, -0.2) is 4.39 Å². The molecule has 2 unspecified atom stereocenters. The van der Waals surface area contributed by atoms with E-state index in [-0.39, 0.29) is 5.82 Å². The smallest absolute Gasteiger partial charge is 0.124 e. The first-order valence-electron chi connectivity index (χ1n) is 8.39. The summed E-state index contributed by atoms with van der Waals surface area (Å²) in [6, 6.07) is 5.64. The lowest BCUT2D eigenvalue weighted by Crippen LogP contribution is -2.30. The Morgan fingerprint density at radius 2 is 1.81 bits per heavy atom. The highest BCUT2D eigenvalue weighted by molar-refractivity contribution is 6.31. The predicted octanol–water partition coefficient (Wildman–Crippen LogP) is 4.97. The molecule has 0 aliphatic heterocycles. The van der Waals surface area contributed by atoms with E-state index in [1.54, 1.807) is 0 Å². The molecule has 0 bridgehead atoms. The van der Waals surface area contributed by atoms with E-state index in [9.17, 15) is 4.39 Å². The van der Waals surface area contributed by atoms with Gasteiger partial charge in [-0.2, -0.15) is 0 Å². The zero-order valence-electron chi connectivity index (χ0n) is 12.6. The molecule has 2 aliphatic rings. The highest BCUT2D eigenvalue weighted by atomic mass is 35.5. The first kappa shape index (κ1) is 15.3. The summed E-state index contributed by atoms with van der Waals surface area (Å²) in [6.45, 7) is 1.15. The second-order valence-electron chi connectivity index (χ2n) is 6.78. The van der Waals surface area contributed by atoms with E-state index in [4.69, 9.17) is 11.6 Å². The van der Waals surface area contributed by atoms with Crippen molar-refractivity contribution in [1.29, 1.82) is 0 Å². The van der Waals surface area contributed by atoms with Crippen molar-refractivity contribution in [3.8, 4) is 0 Å². The Labute approximate surface area is 132 Å². The van der Waals surface area contributed by atoms with Gasteiger partial charge in [-0.15, -0.1) is 0 Å². The van der Waals surface area contributed by atoms with Crippen LogP contribution in [0.25, 0.3) is 0 Å². The molecule has 2 aliphatic carbocycles. The molecule has 2 atom stereocenters. The van der Waals surface area contributed by atoms with Crippen LogP contribution in [-0.2, 0) is 6.42 Å². The van der Waals surface area contributed by atoms with Gasteiger partial charge < -0.3 is 5.32 Å². The maximum atomic E-state index is 13.2. The number of rotatable bonds is 5. The third kappa shape index (κ3) is 4.43. The molecule has 116 valence electrons. The summed E-state index contributed by atoms with van der Waals surface area (Å²) < 4.78 is 13.2. The SMILES string of the molecule is Fc1ccc(CC2CCCCCC2CNC2CC2)c(Cl)c1. The lowest BCUT2D eigenvalue weighted by molar-refractivity contribution is 0.297. The number of nitrogens with one attached hydrogen (secondary N) is 1. The van der Waals surface area contributed by atoms with E-state index < -0.39 is 0 Å². The van der Waals surface area contributed by atoms with Crippen molar-refractivity contribution >= 4 is 11.6 Å². The van der Waals surface area contributed by atoms with E-state index >= 15 is 0 Å². The Hall–Kier alpha value is -0.600. The Morgan fingerprint density at radius 1 is 1.05 bits per heavy atom. The third-order valence-electron chi connectivity index (χ3n) is 5.06. The first-order valence-corrected chi connectivity index (χ1v) is 8.77. The zero-order chi connectivity index (χ0) is 14.7. The van der Waals surface area contributed by atoms with E-state index in [1.165, 1.54) is 57.1 Å². The van der Waals surface area contributed by atoms with Crippen LogP contribution in [0.4, 0.5) is 4.39 Å². The molecule has 3 rings (SSSR count). The van der Waals surface area contributed by atoms with Crippen LogP contribution in [0.15, 0.2) is 18.2 Å². The lowest BCUT2D eigenvalue weighted by atomic mass is 9.83. The maximum Gasteiger partial charge on any atom is 0.124 e. The van der Waals surface area contributed by atoms with Crippen LogP contribution >= 0.6 is 11.6 Å². The average Bonchev–Trinajstić information content (AvgIpc) is 3.27. The molecule has 0 heterocycles. The van der Waals surface area contributed by atoms with E-state index in [1.807, 2.05) is 6.07 Å². The molecule has 0 spiro atoms. The van der Waals surface area contributed by atoms with Crippen molar-refractivity contribution in [3.05, 3.63) is 34.6 Å².